The number of aromatic nitrogens is 1. The number of Topliss-reactive ketones (excluding diaryl/α,β-unsaturated/α-hetero) is 1. The number of nitrogens with one attached hydrogen (secondary N) is 1. The highest BCUT2D eigenvalue weighted by molar-refractivity contribution is 6.10. The minimum Gasteiger partial charge on any atom is -0.482 e. The minimum atomic E-state index is -0.875. The van der Waals surface area contributed by atoms with Gasteiger partial charge in [-0.05, 0) is 55.5 Å². The molecule has 5 heteroatoms. The van der Waals surface area contributed by atoms with Crippen molar-refractivity contribution in [3.63, 3.8) is 0 Å². The molecule has 4 rings (SSSR count). The lowest BCUT2D eigenvalue weighted by Crippen LogP contribution is -2.27. The number of fused-ring (bicyclic) bond motifs is 2. The monoisotopic (exact) mass is 363 g/mol. The van der Waals surface area contributed by atoms with E-state index < -0.39 is 12.1 Å². The van der Waals surface area contributed by atoms with Gasteiger partial charge in [-0.1, -0.05) is 24.3 Å². The fraction of sp³-hybridized carbons (Fsp3) is 0.273. The van der Waals surface area contributed by atoms with Crippen LogP contribution in [-0.4, -0.2) is 29.4 Å². The number of hydrogen-bond acceptors (Lipinski definition) is 4. The van der Waals surface area contributed by atoms with E-state index >= 15 is 0 Å². The van der Waals surface area contributed by atoms with Crippen LogP contribution in [0.5, 0.6) is 5.75 Å². The number of aryl methyl sites for hydroxylation is 2. The van der Waals surface area contributed by atoms with Gasteiger partial charge in [-0.25, -0.2) is 4.79 Å². The van der Waals surface area contributed by atoms with Crippen molar-refractivity contribution < 1.29 is 19.1 Å². The summed E-state index contributed by atoms with van der Waals surface area (Å²) in [6, 6.07) is 13.4. The van der Waals surface area contributed by atoms with Crippen LogP contribution in [0, 0.1) is 0 Å². The fourth-order valence-corrected chi connectivity index (χ4v) is 3.56. The lowest BCUT2D eigenvalue weighted by molar-refractivity contribution is -0.148. The standard InChI is InChI=1S/C22H21NO4/c1-14(22(25)19-12-23-20-8-3-2-7-18(19)20)27-21(24)13-26-17-10-9-15-5-4-6-16(15)11-17/h2-3,7-12,14,23H,4-6,13H2,1H3/t14-/m1/s1. The van der Waals surface area contributed by atoms with Crippen molar-refractivity contribution in [3.05, 3.63) is 65.4 Å². The second-order valence-corrected chi connectivity index (χ2v) is 6.82. The Labute approximate surface area is 157 Å². The Bertz CT molecular complexity index is 1000. The molecule has 1 atom stereocenters. The number of aromatic amines is 1. The molecule has 0 bridgehead atoms. The number of carbonyl (C=O) groups is 2. The fourth-order valence-electron chi connectivity index (χ4n) is 3.56. The van der Waals surface area contributed by atoms with Crippen LogP contribution in [0.4, 0.5) is 0 Å². The molecule has 0 aliphatic heterocycles. The quantitative estimate of drug-likeness (QED) is 0.533. The van der Waals surface area contributed by atoms with Gasteiger partial charge >= 0.3 is 5.97 Å². The number of rotatable bonds is 6. The summed E-state index contributed by atoms with van der Waals surface area (Å²) in [5, 5.41) is 0.819. The predicted octanol–water partition coefficient (Wildman–Crippen LogP) is 3.85. The molecule has 1 N–H and O–H groups in total. The van der Waals surface area contributed by atoms with E-state index in [4.69, 9.17) is 9.47 Å². The van der Waals surface area contributed by atoms with Gasteiger partial charge in [0.05, 0.1) is 0 Å². The number of para-hydroxylation sites is 1. The van der Waals surface area contributed by atoms with Crippen molar-refractivity contribution in [3.8, 4) is 5.75 Å². The molecule has 2 aromatic carbocycles. The highest BCUT2D eigenvalue weighted by Crippen LogP contribution is 2.26. The molecule has 5 nitrogen and oxygen atoms in total. The number of ketones is 1. The van der Waals surface area contributed by atoms with Gasteiger partial charge in [0.2, 0.25) is 5.78 Å². The minimum absolute atomic E-state index is 0.218. The van der Waals surface area contributed by atoms with Crippen molar-refractivity contribution in [2.24, 2.45) is 0 Å². The predicted molar refractivity (Wildman–Crippen MR) is 102 cm³/mol. The third-order valence-electron chi connectivity index (χ3n) is 4.96. The van der Waals surface area contributed by atoms with Crippen LogP contribution < -0.4 is 4.74 Å². The number of esters is 1. The first kappa shape index (κ1) is 17.3. The van der Waals surface area contributed by atoms with E-state index in [9.17, 15) is 9.59 Å². The van der Waals surface area contributed by atoms with E-state index in [-0.39, 0.29) is 12.4 Å². The Morgan fingerprint density at radius 2 is 1.93 bits per heavy atom. The zero-order chi connectivity index (χ0) is 18.8. The maximum absolute atomic E-state index is 12.6. The number of ether oxygens (including phenoxy) is 2. The average Bonchev–Trinajstić information content (AvgIpc) is 3.32. The molecule has 138 valence electrons. The largest absolute Gasteiger partial charge is 0.482 e. The summed E-state index contributed by atoms with van der Waals surface area (Å²) >= 11 is 0. The molecule has 3 aromatic rings. The summed E-state index contributed by atoms with van der Waals surface area (Å²) < 4.78 is 10.8. The van der Waals surface area contributed by atoms with E-state index in [1.54, 1.807) is 13.1 Å². The molecule has 1 aliphatic rings. The van der Waals surface area contributed by atoms with Crippen LogP contribution in [0.1, 0.15) is 34.8 Å². The second-order valence-electron chi connectivity index (χ2n) is 6.82. The van der Waals surface area contributed by atoms with E-state index in [1.807, 2.05) is 42.5 Å². The second kappa shape index (κ2) is 7.27. The molecule has 0 saturated heterocycles. The lowest BCUT2D eigenvalue weighted by Gasteiger charge is -2.13. The molecule has 1 heterocycles. The SMILES string of the molecule is C[C@@H](OC(=O)COc1ccc2c(c1)CCC2)C(=O)c1c[nH]c2ccccc12. The molecule has 0 fully saturated rings. The summed E-state index contributed by atoms with van der Waals surface area (Å²) in [6.45, 7) is 1.36. The van der Waals surface area contributed by atoms with Gasteiger partial charge in [0.25, 0.3) is 0 Å². The number of hydrogen-bond donors (Lipinski definition) is 1. The van der Waals surface area contributed by atoms with Crippen molar-refractivity contribution in [1.29, 1.82) is 0 Å². The topological polar surface area (TPSA) is 68.4 Å². The maximum Gasteiger partial charge on any atom is 0.344 e. The van der Waals surface area contributed by atoms with Crippen LogP contribution in [0.2, 0.25) is 0 Å². The Kier molecular flexibility index (Phi) is 4.67. The van der Waals surface area contributed by atoms with Crippen molar-refractivity contribution in [1.82, 2.24) is 4.98 Å². The van der Waals surface area contributed by atoms with Crippen LogP contribution >= 0.6 is 0 Å². The van der Waals surface area contributed by atoms with Crippen LogP contribution in [-0.2, 0) is 22.4 Å². The summed E-state index contributed by atoms with van der Waals surface area (Å²) in [7, 11) is 0. The molecule has 1 aromatic heterocycles. The number of benzene rings is 2. The summed E-state index contributed by atoms with van der Waals surface area (Å²) in [5.74, 6) is -0.141. The molecular formula is C22H21NO4. The zero-order valence-corrected chi connectivity index (χ0v) is 15.2. The normalized spacial score (nSPS) is 14.0. The van der Waals surface area contributed by atoms with Crippen molar-refractivity contribution in [2.45, 2.75) is 32.3 Å². The molecule has 0 amide bonds. The lowest BCUT2D eigenvalue weighted by atomic mass is 10.1. The molecule has 0 spiro atoms. The Morgan fingerprint density at radius 3 is 2.81 bits per heavy atom. The third kappa shape index (κ3) is 3.58. The van der Waals surface area contributed by atoms with E-state index in [2.05, 4.69) is 4.98 Å². The smallest absolute Gasteiger partial charge is 0.344 e. The first-order valence-corrected chi connectivity index (χ1v) is 9.16. The van der Waals surface area contributed by atoms with E-state index in [0.717, 1.165) is 30.2 Å². The summed E-state index contributed by atoms with van der Waals surface area (Å²) in [4.78, 5) is 27.8. The molecule has 0 saturated carbocycles. The molecular weight excluding hydrogens is 342 g/mol. The molecule has 0 unspecified atom stereocenters. The Morgan fingerprint density at radius 1 is 1.11 bits per heavy atom. The van der Waals surface area contributed by atoms with Gasteiger partial charge in [0.1, 0.15) is 5.75 Å². The third-order valence-corrected chi connectivity index (χ3v) is 4.96. The maximum atomic E-state index is 12.6. The van der Waals surface area contributed by atoms with Gasteiger partial charge in [-0.2, -0.15) is 0 Å². The first-order chi connectivity index (χ1) is 13.1. The highest BCUT2D eigenvalue weighted by atomic mass is 16.6. The summed E-state index contributed by atoms with van der Waals surface area (Å²) in [6.07, 6.45) is 4.09. The first-order valence-electron chi connectivity index (χ1n) is 9.16. The summed E-state index contributed by atoms with van der Waals surface area (Å²) in [5.41, 5.74) is 4.02. The molecule has 27 heavy (non-hydrogen) atoms. The van der Waals surface area contributed by atoms with Gasteiger partial charge in [-0.15, -0.1) is 0 Å². The zero-order valence-electron chi connectivity index (χ0n) is 15.2. The highest BCUT2D eigenvalue weighted by Gasteiger charge is 2.22. The van der Waals surface area contributed by atoms with E-state index in [1.165, 1.54) is 11.1 Å². The van der Waals surface area contributed by atoms with Crippen LogP contribution in [0.15, 0.2) is 48.7 Å². The average molecular weight is 363 g/mol. The Hall–Kier alpha value is -3.08. The van der Waals surface area contributed by atoms with Crippen LogP contribution in [0.3, 0.4) is 0 Å². The number of carbonyl (C=O) groups excluding carboxylic acids is 2. The van der Waals surface area contributed by atoms with Gasteiger partial charge in [-0.3, -0.25) is 4.79 Å². The van der Waals surface area contributed by atoms with Crippen molar-refractivity contribution in [2.75, 3.05) is 6.61 Å². The van der Waals surface area contributed by atoms with Crippen LogP contribution in [0.25, 0.3) is 10.9 Å². The Balaban J connectivity index is 1.35. The number of H-pyrrole nitrogens is 1. The molecule has 1 aliphatic carbocycles. The molecule has 0 radical (unpaired) electrons. The van der Waals surface area contributed by atoms with Gasteiger partial charge in [0.15, 0.2) is 12.7 Å². The van der Waals surface area contributed by atoms with Gasteiger partial charge < -0.3 is 14.5 Å². The van der Waals surface area contributed by atoms with Crippen molar-refractivity contribution >= 4 is 22.7 Å². The van der Waals surface area contributed by atoms with Gasteiger partial charge in [0, 0.05) is 22.7 Å². The van der Waals surface area contributed by atoms with E-state index in [0.29, 0.717) is 11.3 Å².